The maximum absolute atomic E-state index is 15.3. The second-order valence-corrected chi connectivity index (χ2v) is 19.8. The number of ketones is 2. The first-order chi connectivity index (χ1) is 33.7. The molecule has 12 nitrogen and oxygen atoms in total. The smallest absolute Gasteiger partial charge is 0.333 e. The zero-order valence-corrected chi connectivity index (χ0v) is 38.5. The lowest BCUT2D eigenvalue weighted by molar-refractivity contribution is -0.164. The molecule has 0 radical (unpaired) electrons. The molecule has 0 spiro atoms. The lowest BCUT2D eigenvalue weighted by atomic mass is 9.79. The van der Waals surface area contributed by atoms with Gasteiger partial charge in [-0.3, -0.25) is 19.2 Å². The van der Waals surface area contributed by atoms with Crippen LogP contribution < -0.4 is 0 Å². The molecule has 0 amide bonds. The van der Waals surface area contributed by atoms with Crippen molar-refractivity contribution in [2.75, 3.05) is 0 Å². The van der Waals surface area contributed by atoms with Crippen LogP contribution in [-0.4, -0.2) is 34.9 Å². The SMILES string of the molecule is N#CC(C#N)=C1C(=Nc2cc3c(s2)-c2sc4c(sc5cc(N=C6C(=O)c7ccccc7C6=C(C#N)C#N)sc54)c2C3(C(=O)OCc2ccccc2)C(=O)OCc2ccccc2)C(=O)c2ccccc21. The van der Waals surface area contributed by atoms with Crippen molar-refractivity contribution >= 4 is 120 Å². The van der Waals surface area contributed by atoms with Gasteiger partial charge >= 0.3 is 11.9 Å². The Kier molecular flexibility index (Phi) is 10.5. The van der Waals surface area contributed by atoms with Gasteiger partial charge in [0.25, 0.3) is 0 Å². The largest absolute Gasteiger partial charge is 0.459 e. The Balaban J connectivity index is 1.11. The second-order valence-electron chi connectivity index (χ2n) is 15.7. The van der Waals surface area contributed by atoms with Gasteiger partial charge in [0.1, 0.15) is 70.1 Å². The lowest BCUT2D eigenvalue weighted by Crippen LogP contribution is -2.45. The van der Waals surface area contributed by atoms with Crippen LogP contribution in [0, 0.1) is 45.3 Å². The third-order valence-corrected chi connectivity index (χ3v) is 16.9. The van der Waals surface area contributed by atoms with Gasteiger partial charge in [-0.15, -0.1) is 45.3 Å². The quantitative estimate of drug-likeness (QED) is 0.0799. The van der Waals surface area contributed by atoms with Gasteiger partial charge in [0.15, 0.2) is 0 Å². The van der Waals surface area contributed by atoms with E-state index in [1.807, 2.05) is 60.7 Å². The van der Waals surface area contributed by atoms with Crippen LogP contribution in [0.25, 0.3) is 39.7 Å². The van der Waals surface area contributed by atoms with Crippen molar-refractivity contribution in [3.05, 3.63) is 177 Å². The van der Waals surface area contributed by atoms with Gasteiger partial charge in [0.05, 0.1) is 23.9 Å². The van der Waals surface area contributed by atoms with Crippen molar-refractivity contribution in [2.24, 2.45) is 9.98 Å². The molecule has 4 aromatic heterocycles. The van der Waals surface area contributed by atoms with E-state index in [9.17, 15) is 30.6 Å². The van der Waals surface area contributed by atoms with E-state index < -0.39 is 28.9 Å². The molecule has 0 saturated carbocycles. The predicted molar refractivity (Wildman–Crippen MR) is 264 cm³/mol. The van der Waals surface area contributed by atoms with Gasteiger partial charge in [0.2, 0.25) is 17.0 Å². The number of hydrogen-bond acceptors (Lipinski definition) is 16. The number of carbonyl (C=O) groups excluding carboxylic acids is 4. The molecule has 0 aliphatic heterocycles. The molecule has 4 aromatic carbocycles. The number of carbonyl (C=O) groups is 4. The van der Waals surface area contributed by atoms with E-state index in [-0.39, 0.29) is 63.1 Å². The monoisotopic (exact) mass is 968 g/mol. The molecular formula is C53H24N6O6S4. The zero-order valence-electron chi connectivity index (χ0n) is 35.2. The van der Waals surface area contributed by atoms with Crippen LogP contribution in [-0.2, 0) is 37.7 Å². The molecule has 0 N–H and O–H groups in total. The molecule has 0 fully saturated rings. The number of aliphatic imine (C=N–C) groups is 2. The van der Waals surface area contributed by atoms with Gasteiger partial charge in [-0.05, 0) is 34.4 Å². The minimum Gasteiger partial charge on any atom is -0.459 e. The predicted octanol–water partition coefficient (Wildman–Crippen LogP) is 11.5. The third-order valence-electron chi connectivity index (χ3n) is 11.9. The molecular weight excluding hydrogens is 945 g/mol. The number of nitrogens with zero attached hydrogens (tertiary/aromatic N) is 6. The average molecular weight is 969 g/mol. The number of fused-ring (bicyclic) bond motifs is 9. The fraction of sp³-hybridized carbons (Fsp3) is 0.0566. The van der Waals surface area contributed by atoms with Crippen molar-refractivity contribution in [3.8, 4) is 34.0 Å². The molecule has 11 rings (SSSR count). The van der Waals surface area contributed by atoms with Crippen molar-refractivity contribution in [1.29, 1.82) is 21.0 Å². The van der Waals surface area contributed by atoms with Gasteiger partial charge in [-0.2, -0.15) is 21.0 Å². The summed E-state index contributed by atoms with van der Waals surface area (Å²) in [6.45, 7) is -0.337. The topological polar surface area (TPSA) is 207 Å². The molecule has 3 aliphatic carbocycles. The fourth-order valence-electron chi connectivity index (χ4n) is 8.86. The molecule has 0 unspecified atom stereocenters. The molecule has 0 bridgehead atoms. The summed E-state index contributed by atoms with van der Waals surface area (Å²) in [7, 11) is 0. The summed E-state index contributed by atoms with van der Waals surface area (Å²) in [5, 5.41) is 40.4. The molecule has 0 saturated heterocycles. The number of thiophene rings is 4. The first-order valence-corrected chi connectivity index (χ1v) is 24.1. The van der Waals surface area contributed by atoms with Crippen LogP contribution in [0.1, 0.15) is 54.1 Å². The van der Waals surface area contributed by atoms with Crippen molar-refractivity contribution < 1.29 is 28.7 Å². The van der Waals surface area contributed by atoms with Crippen LogP contribution in [0.4, 0.5) is 10.0 Å². The molecule has 0 atom stereocenters. The number of benzene rings is 4. The highest BCUT2D eigenvalue weighted by Gasteiger charge is 2.61. The van der Waals surface area contributed by atoms with Crippen LogP contribution >= 0.6 is 45.3 Å². The Morgan fingerprint density at radius 3 is 1.48 bits per heavy atom. The highest BCUT2D eigenvalue weighted by Crippen LogP contribution is 2.63. The van der Waals surface area contributed by atoms with E-state index in [1.54, 1.807) is 84.9 Å². The highest BCUT2D eigenvalue weighted by molar-refractivity contribution is 7.41. The number of esters is 2. The Hall–Kier alpha value is -8.74. The normalized spacial score (nSPS) is 15.0. The molecule has 4 heterocycles. The minimum atomic E-state index is -2.20. The second kappa shape index (κ2) is 16.8. The van der Waals surface area contributed by atoms with Crippen molar-refractivity contribution in [3.63, 3.8) is 0 Å². The van der Waals surface area contributed by atoms with Gasteiger partial charge < -0.3 is 9.47 Å². The van der Waals surface area contributed by atoms with E-state index in [0.29, 0.717) is 52.8 Å². The number of Topliss-reactive ketones (excluding diaryl/α,β-unsaturated/α-hetero) is 2. The number of nitriles is 4. The Bertz CT molecular complexity index is 3850. The fourth-order valence-corrected chi connectivity index (χ4v) is 14.3. The highest BCUT2D eigenvalue weighted by atomic mass is 32.1. The summed E-state index contributed by atoms with van der Waals surface area (Å²) in [4.78, 5) is 69.0. The Labute approximate surface area is 407 Å². The summed E-state index contributed by atoms with van der Waals surface area (Å²) >= 11 is 5.08. The molecule has 3 aliphatic rings. The zero-order chi connectivity index (χ0) is 47.6. The van der Waals surface area contributed by atoms with Crippen LogP contribution in [0.15, 0.2) is 142 Å². The molecule has 16 heteroatoms. The molecule has 326 valence electrons. The number of allylic oxidation sites excluding steroid dienone is 4. The first kappa shape index (κ1) is 42.9. The van der Waals surface area contributed by atoms with Gasteiger partial charge in [-0.1, -0.05) is 109 Å². The number of ether oxygens (including phenoxy) is 2. The van der Waals surface area contributed by atoms with Crippen molar-refractivity contribution in [1.82, 2.24) is 0 Å². The number of hydrogen-bond donors (Lipinski definition) is 0. The summed E-state index contributed by atoms with van der Waals surface area (Å²) in [6, 6.07) is 42.5. The number of rotatable bonds is 8. The van der Waals surface area contributed by atoms with E-state index in [1.165, 1.54) is 34.0 Å². The summed E-state index contributed by atoms with van der Waals surface area (Å²) in [5.41, 5.74) is 0.795. The van der Waals surface area contributed by atoms with Crippen LogP contribution in [0.2, 0.25) is 0 Å². The Morgan fingerprint density at radius 1 is 0.522 bits per heavy atom. The summed E-state index contributed by atoms with van der Waals surface area (Å²) < 4.78 is 15.1. The standard InChI is InChI=1S/C53H24N6O6S4/c54-21-29(22-55)39-31-15-7-9-17-33(31)44(60)42(39)58-37-19-35-46(67-37)48-41(53(35,51(62)64-25-27-11-3-1-4-12-27)52(63)65-26-28-13-5-2-6-14-28)49-50(69-48)47-36(66-49)20-38(68-47)59-43-40(30(23-56)24-57)32-16-8-10-18-34(32)45(43)61/h1-20H,25-26H2. The van der Waals surface area contributed by atoms with Gasteiger partial charge in [0, 0.05) is 38.1 Å². The van der Waals surface area contributed by atoms with Crippen molar-refractivity contribution in [2.45, 2.75) is 18.6 Å². The maximum atomic E-state index is 15.3. The summed E-state index contributed by atoms with van der Waals surface area (Å²) in [6.07, 6.45) is 0. The van der Waals surface area contributed by atoms with Crippen LogP contribution in [0.5, 0.6) is 0 Å². The van der Waals surface area contributed by atoms with E-state index in [2.05, 4.69) is 0 Å². The molecule has 69 heavy (non-hydrogen) atoms. The Morgan fingerprint density at radius 2 is 0.986 bits per heavy atom. The average Bonchev–Trinajstić information content (AvgIpc) is 4.25. The van der Waals surface area contributed by atoms with Crippen LogP contribution in [0.3, 0.4) is 0 Å². The minimum absolute atomic E-state index is 0.0228. The van der Waals surface area contributed by atoms with E-state index in [0.717, 1.165) is 25.4 Å². The first-order valence-electron chi connectivity index (χ1n) is 20.8. The lowest BCUT2D eigenvalue weighted by Gasteiger charge is -2.26. The van der Waals surface area contributed by atoms with Gasteiger partial charge in [-0.25, -0.2) is 9.98 Å². The molecule has 8 aromatic rings. The summed E-state index contributed by atoms with van der Waals surface area (Å²) in [5.74, 6) is -2.70. The maximum Gasteiger partial charge on any atom is 0.333 e. The third kappa shape index (κ3) is 6.62. The van der Waals surface area contributed by atoms with E-state index in [4.69, 9.17) is 19.5 Å². The van der Waals surface area contributed by atoms with E-state index >= 15 is 9.59 Å².